The molecule has 0 N–H and O–H groups in total. The fraction of sp³-hybridized carbons (Fsp3) is 0.455. The molecule has 142 valence electrons. The molecule has 4 rings (SSSR count). The van der Waals surface area contributed by atoms with Gasteiger partial charge in [0.25, 0.3) is 0 Å². The Labute approximate surface area is 164 Å². The highest BCUT2D eigenvalue weighted by molar-refractivity contribution is 7.10. The standard InChI is InChI=1S/C22H26N2O2S/c1-15(2)13-23-14-17(12-20(23)25)22(26)24-10-8-19-18(9-11-27-19)21(24)16-6-4-3-5-7-16/h3-7,9,11,15,17,21H,8,10,12-14H2,1-2H3/t17-,21+/m1/s1. The molecule has 0 unspecified atom stereocenters. The van der Waals surface area contributed by atoms with E-state index in [2.05, 4.69) is 37.4 Å². The average Bonchev–Trinajstić information content (AvgIpc) is 3.27. The summed E-state index contributed by atoms with van der Waals surface area (Å²) < 4.78 is 0. The van der Waals surface area contributed by atoms with Crippen LogP contribution in [0.5, 0.6) is 0 Å². The monoisotopic (exact) mass is 382 g/mol. The lowest BCUT2D eigenvalue weighted by Crippen LogP contribution is -2.44. The molecule has 2 amide bonds. The van der Waals surface area contributed by atoms with Crippen LogP contribution in [0.4, 0.5) is 0 Å². The van der Waals surface area contributed by atoms with Crippen molar-refractivity contribution in [3.63, 3.8) is 0 Å². The normalized spacial score (nSPS) is 22.4. The molecule has 5 heteroatoms. The largest absolute Gasteiger partial charge is 0.342 e. The van der Waals surface area contributed by atoms with Crippen LogP contribution in [-0.4, -0.2) is 41.2 Å². The van der Waals surface area contributed by atoms with Gasteiger partial charge in [0.2, 0.25) is 11.8 Å². The van der Waals surface area contributed by atoms with Crippen molar-refractivity contribution in [3.8, 4) is 0 Å². The van der Waals surface area contributed by atoms with Gasteiger partial charge in [-0.1, -0.05) is 44.2 Å². The molecular formula is C22H26N2O2S. The van der Waals surface area contributed by atoms with E-state index in [1.54, 1.807) is 11.3 Å². The van der Waals surface area contributed by atoms with Crippen LogP contribution in [-0.2, 0) is 16.0 Å². The van der Waals surface area contributed by atoms with Crippen molar-refractivity contribution in [2.75, 3.05) is 19.6 Å². The van der Waals surface area contributed by atoms with Gasteiger partial charge in [0, 0.05) is 30.9 Å². The van der Waals surface area contributed by atoms with E-state index < -0.39 is 0 Å². The van der Waals surface area contributed by atoms with Crippen molar-refractivity contribution in [1.82, 2.24) is 9.80 Å². The van der Waals surface area contributed by atoms with Crippen LogP contribution in [0, 0.1) is 11.8 Å². The number of fused-ring (bicyclic) bond motifs is 1. The van der Waals surface area contributed by atoms with Gasteiger partial charge < -0.3 is 9.80 Å². The molecule has 0 spiro atoms. The minimum Gasteiger partial charge on any atom is -0.342 e. The van der Waals surface area contributed by atoms with E-state index in [-0.39, 0.29) is 23.8 Å². The first-order valence-electron chi connectivity index (χ1n) is 9.74. The SMILES string of the molecule is CC(C)CN1C[C@H](C(=O)N2CCc3sccc3[C@@H]2c2ccccc2)CC1=O. The van der Waals surface area contributed by atoms with Crippen LogP contribution in [0.3, 0.4) is 0 Å². The van der Waals surface area contributed by atoms with Crippen LogP contribution in [0.1, 0.15) is 42.3 Å². The first kappa shape index (κ1) is 18.2. The molecule has 1 fully saturated rings. The third-order valence-corrected chi connectivity index (χ3v) is 6.51. The molecule has 2 atom stereocenters. The lowest BCUT2D eigenvalue weighted by atomic mass is 9.91. The molecule has 1 aromatic carbocycles. The molecule has 4 nitrogen and oxygen atoms in total. The summed E-state index contributed by atoms with van der Waals surface area (Å²) in [7, 11) is 0. The number of benzene rings is 1. The predicted molar refractivity (Wildman–Crippen MR) is 108 cm³/mol. The first-order valence-corrected chi connectivity index (χ1v) is 10.6. The molecule has 1 saturated heterocycles. The number of likely N-dealkylation sites (tertiary alicyclic amines) is 1. The summed E-state index contributed by atoms with van der Waals surface area (Å²) in [5.74, 6) is 0.442. The zero-order valence-electron chi connectivity index (χ0n) is 15.9. The van der Waals surface area contributed by atoms with Crippen molar-refractivity contribution in [2.45, 2.75) is 32.7 Å². The highest BCUT2D eigenvalue weighted by Gasteiger charge is 2.40. The summed E-state index contributed by atoms with van der Waals surface area (Å²) >= 11 is 1.78. The van der Waals surface area contributed by atoms with Crippen molar-refractivity contribution < 1.29 is 9.59 Å². The smallest absolute Gasteiger partial charge is 0.228 e. The van der Waals surface area contributed by atoms with Crippen molar-refractivity contribution in [3.05, 3.63) is 57.8 Å². The summed E-state index contributed by atoms with van der Waals surface area (Å²) in [6, 6.07) is 12.4. The van der Waals surface area contributed by atoms with E-state index in [1.165, 1.54) is 10.4 Å². The fourth-order valence-electron chi connectivity index (χ4n) is 4.34. The van der Waals surface area contributed by atoms with Gasteiger partial charge in [-0.15, -0.1) is 11.3 Å². The number of hydrogen-bond acceptors (Lipinski definition) is 3. The molecule has 2 aliphatic heterocycles. The molecule has 2 aliphatic rings. The van der Waals surface area contributed by atoms with E-state index >= 15 is 0 Å². The zero-order valence-corrected chi connectivity index (χ0v) is 16.7. The summed E-state index contributed by atoms with van der Waals surface area (Å²) in [4.78, 5) is 31.1. The van der Waals surface area contributed by atoms with Gasteiger partial charge in [-0.25, -0.2) is 0 Å². The summed E-state index contributed by atoms with van der Waals surface area (Å²) in [6.07, 6.45) is 1.25. The van der Waals surface area contributed by atoms with Gasteiger partial charge in [-0.2, -0.15) is 0 Å². The topological polar surface area (TPSA) is 40.6 Å². The van der Waals surface area contributed by atoms with Gasteiger partial charge in [-0.3, -0.25) is 9.59 Å². The highest BCUT2D eigenvalue weighted by atomic mass is 32.1. The number of rotatable bonds is 4. The van der Waals surface area contributed by atoms with E-state index in [4.69, 9.17) is 0 Å². The number of carbonyl (C=O) groups excluding carboxylic acids is 2. The molecule has 0 bridgehead atoms. The second kappa shape index (κ2) is 7.47. The Kier molecular flexibility index (Phi) is 5.04. The van der Waals surface area contributed by atoms with Crippen LogP contribution >= 0.6 is 11.3 Å². The Morgan fingerprint density at radius 1 is 1.22 bits per heavy atom. The Morgan fingerprint density at radius 2 is 2.00 bits per heavy atom. The summed E-state index contributed by atoms with van der Waals surface area (Å²) in [5.41, 5.74) is 2.39. The number of thiophene rings is 1. The van der Waals surface area contributed by atoms with E-state index in [0.29, 0.717) is 18.9 Å². The van der Waals surface area contributed by atoms with Crippen molar-refractivity contribution in [2.24, 2.45) is 11.8 Å². The minimum absolute atomic E-state index is 0.0389. The summed E-state index contributed by atoms with van der Waals surface area (Å²) in [5, 5.41) is 2.12. The molecule has 0 radical (unpaired) electrons. The zero-order chi connectivity index (χ0) is 19.0. The predicted octanol–water partition coefficient (Wildman–Crippen LogP) is 3.73. The van der Waals surface area contributed by atoms with Crippen LogP contribution in [0.25, 0.3) is 0 Å². The average molecular weight is 383 g/mol. The van der Waals surface area contributed by atoms with E-state index in [0.717, 1.165) is 25.1 Å². The van der Waals surface area contributed by atoms with Gasteiger partial charge in [0.15, 0.2) is 0 Å². The van der Waals surface area contributed by atoms with Crippen LogP contribution in [0.15, 0.2) is 41.8 Å². The van der Waals surface area contributed by atoms with Crippen molar-refractivity contribution in [1.29, 1.82) is 0 Å². The highest BCUT2D eigenvalue weighted by Crippen LogP contribution is 2.39. The Balaban J connectivity index is 1.60. The third-order valence-electron chi connectivity index (χ3n) is 5.51. The Bertz CT molecular complexity index is 830. The molecule has 0 aliphatic carbocycles. The second-order valence-corrected chi connectivity index (χ2v) is 8.99. The fourth-order valence-corrected chi connectivity index (χ4v) is 5.24. The maximum atomic E-state index is 13.4. The number of nitrogens with zero attached hydrogens (tertiary/aromatic N) is 2. The lowest BCUT2D eigenvalue weighted by molar-refractivity contribution is -0.137. The van der Waals surface area contributed by atoms with E-state index in [9.17, 15) is 9.59 Å². The third kappa shape index (κ3) is 3.53. The van der Waals surface area contributed by atoms with Gasteiger partial charge in [0.1, 0.15) is 0 Å². The first-order chi connectivity index (χ1) is 13.0. The Morgan fingerprint density at radius 3 is 2.74 bits per heavy atom. The van der Waals surface area contributed by atoms with Crippen molar-refractivity contribution >= 4 is 23.2 Å². The van der Waals surface area contributed by atoms with Gasteiger partial charge in [-0.05, 0) is 34.9 Å². The van der Waals surface area contributed by atoms with E-state index in [1.807, 2.05) is 28.0 Å². The lowest BCUT2D eigenvalue weighted by Gasteiger charge is -2.37. The molecule has 2 aromatic rings. The molecule has 27 heavy (non-hydrogen) atoms. The minimum atomic E-state index is -0.220. The van der Waals surface area contributed by atoms with Gasteiger partial charge >= 0.3 is 0 Å². The number of hydrogen-bond donors (Lipinski definition) is 0. The molecule has 0 saturated carbocycles. The maximum Gasteiger partial charge on any atom is 0.228 e. The maximum absolute atomic E-state index is 13.4. The number of carbonyl (C=O) groups is 2. The number of amides is 2. The second-order valence-electron chi connectivity index (χ2n) is 7.99. The molecule has 3 heterocycles. The quantitative estimate of drug-likeness (QED) is 0.808. The Hall–Kier alpha value is -2.14. The summed E-state index contributed by atoms with van der Waals surface area (Å²) in [6.45, 7) is 6.23. The van der Waals surface area contributed by atoms with Crippen LogP contribution in [0.2, 0.25) is 0 Å². The van der Waals surface area contributed by atoms with Gasteiger partial charge in [0.05, 0.1) is 12.0 Å². The molecular weight excluding hydrogens is 356 g/mol. The molecule has 1 aromatic heterocycles. The van der Waals surface area contributed by atoms with Crippen LogP contribution < -0.4 is 0 Å².